The van der Waals surface area contributed by atoms with E-state index in [1.807, 2.05) is 60.7 Å². The molecular weight excluding hydrogens is 416 g/mol. The lowest BCUT2D eigenvalue weighted by Crippen LogP contribution is -2.35. The molecule has 5 rings (SSSR count). The van der Waals surface area contributed by atoms with Crippen molar-refractivity contribution in [2.24, 2.45) is 0 Å². The maximum Gasteiger partial charge on any atom is 0.241 e. The van der Waals surface area contributed by atoms with Crippen molar-refractivity contribution in [3.05, 3.63) is 60.7 Å². The van der Waals surface area contributed by atoms with E-state index in [4.69, 9.17) is 4.42 Å². The summed E-state index contributed by atoms with van der Waals surface area (Å²) >= 11 is 0. The van der Waals surface area contributed by atoms with E-state index in [1.54, 1.807) is 0 Å². The summed E-state index contributed by atoms with van der Waals surface area (Å²) in [7, 11) is 0. The van der Waals surface area contributed by atoms with Gasteiger partial charge in [0, 0.05) is 22.5 Å². The quantitative estimate of drug-likeness (QED) is 0.461. The van der Waals surface area contributed by atoms with E-state index >= 15 is 0 Å². The first kappa shape index (κ1) is 21.4. The summed E-state index contributed by atoms with van der Waals surface area (Å²) in [4.78, 5) is 24.5. The third-order valence-corrected chi connectivity index (χ3v) is 6.23. The summed E-state index contributed by atoms with van der Waals surface area (Å²) in [5, 5.41) is 12.3. The molecule has 2 saturated heterocycles. The van der Waals surface area contributed by atoms with E-state index in [0.29, 0.717) is 0 Å². The van der Waals surface area contributed by atoms with Crippen molar-refractivity contribution in [1.82, 2.24) is 10.6 Å². The number of hydrogen-bond acceptors (Lipinski definition) is 5. The first-order valence-electron chi connectivity index (χ1n) is 11.5. The molecule has 2 fully saturated rings. The minimum atomic E-state index is -0.101. The van der Waals surface area contributed by atoms with Gasteiger partial charge in [0.1, 0.15) is 11.5 Å². The lowest BCUT2D eigenvalue weighted by Gasteiger charge is -2.11. The molecule has 7 nitrogen and oxygen atoms in total. The Labute approximate surface area is 193 Å². The predicted molar refractivity (Wildman–Crippen MR) is 129 cm³/mol. The molecule has 2 aliphatic heterocycles. The molecule has 3 aromatic rings. The Kier molecular flexibility index (Phi) is 6.24. The molecule has 2 atom stereocenters. The third-order valence-electron chi connectivity index (χ3n) is 6.23. The number of amides is 2. The Morgan fingerprint density at radius 1 is 0.667 bits per heavy atom. The maximum absolute atomic E-state index is 12.3. The van der Waals surface area contributed by atoms with Crippen LogP contribution in [0.25, 0.3) is 22.6 Å². The van der Waals surface area contributed by atoms with Crippen molar-refractivity contribution >= 4 is 23.2 Å². The van der Waals surface area contributed by atoms with Gasteiger partial charge in [-0.2, -0.15) is 0 Å². The van der Waals surface area contributed by atoms with Crippen molar-refractivity contribution in [2.45, 2.75) is 37.8 Å². The zero-order valence-electron chi connectivity index (χ0n) is 18.4. The molecule has 7 heteroatoms. The fraction of sp³-hybridized carbons (Fsp3) is 0.308. The molecule has 170 valence electrons. The molecule has 2 aromatic carbocycles. The number of furan rings is 1. The summed E-state index contributed by atoms with van der Waals surface area (Å²) in [6.45, 7) is 1.79. The molecule has 1 aromatic heterocycles. The van der Waals surface area contributed by atoms with E-state index in [1.165, 1.54) is 0 Å². The Bertz CT molecular complexity index is 1020. The number of rotatable bonds is 6. The van der Waals surface area contributed by atoms with Crippen LogP contribution < -0.4 is 21.3 Å². The normalized spacial score (nSPS) is 20.0. The van der Waals surface area contributed by atoms with Crippen molar-refractivity contribution in [3.8, 4) is 22.6 Å². The van der Waals surface area contributed by atoms with Gasteiger partial charge in [-0.25, -0.2) is 0 Å². The first-order valence-corrected chi connectivity index (χ1v) is 11.5. The van der Waals surface area contributed by atoms with E-state index < -0.39 is 0 Å². The molecule has 0 radical (unpaired) electrons. The largest absolute Gasteiger partial charge is 0.456 e. The zero-order chi connectivity index (χ0) is 22.6. The van der Waals surface area contributed by atoms with Crippen LogP contribution >= 0.6 is 0 Å². The molecule has 0 bridgehead atoms. The number of hydrogen-bond donors (Lipinski definition) is 4. The van der Waals surface area contributed by atoms with Crippen LogP contribution in [0.4, 0.5) is 11.4 Å². The molecule has 2 amide bonds. The van der Waals surface area contributed by atoms with Crippen LogP contribution in [-0.4, -0.2) is 37.0 Å². The highest BCUT2D eigenvalue weighted by molar-refractivity contribution is 5.95. The van der Waals surface area contributed by atoms with E-state index in [0.717, 1.165) is 72.8 Å². The number of nitrogens with one attached hydrogen (secondary N) is 4. The molecule has 3 heterocycles. The Morgan fingerprint density at radius 3 is 1.45 bits per heavy atom. The summed E-state index contributed by atoms with van der Waals surface area (Å²) in [6.07, 6.45) is 3.83. The Hall–Kier alpha value is -3.42. The van der Waals surface area contributed by atoms with Gasteiger partial charge >= 0.3 is 0 Å². The summed E-state index contributed by atoms with van der Waals surface area (Å²) in [6, 6.07) is 19.0. The van der Waals surface area contributed by atoms with Gasteiger partial charge in [-0.1, -0.05) is 0 Å². The molecule has 0 unspecified atom stereocenters. The van der Waals surface area contributed by atoms with Gasteiger partial charge in [-0.15, -0.1) is 0 Å². The summed E-state index contributed by atoms with van der Waals surface area (Å²) < 4.78 is 6.07. The minimum absolute atomic E-state index is 0.0136. The number of benzene rings is 2. The number of anilines is 2. The monoisotopic (exact) mass is 444 g/mol. The van der Waals surface area contributed by atoms with Crippen LogP contribution in [0.15, 0.2) is 65.1 Å². The van der Waals surface area contributed by atoms with Gasteiger partial charge in [-0.05, 0) is 99.4 Å². The van der Waals surface area contributed by atoms with Crippen LogP contribution in [0, 0.1) is 0 Å². The number of carbonyl (C=O) groups is 2. The topological polar surface area (TPSA) is 95.4 Å². The van der Waals surface area contributed by atoms with Gasteiger partial charge in [-0.3, -0.25) is 9.59 Å². The van der Waals surface area contributed by atoms with Crippen LogP contribution in [0.3, 0.4) is 0 Å². The lowest BCUT2D eigenvalue weighted by molar-refractivity contribution is -0.118. The van der Waals surface area contributed by atoms with Crippen molar-refractivity contribution in [2.75, 3.05) is 23.7 Å². The third kappa shape index (κ3) is 4.99. The fourth-order valence-electron chi connectivity index (χ4n) is 4.36. The molecule has 33 heavy (non-hydrogen) atoms. The highest BCUT2D eigenvalue weighted by atomic mass is 16.3. The summed E-state index contributed by atoms with van der Waals surface area (Å²) in [5.74, 6) is 1.54. The molecular formula is C26H28N4O3. The molecule has 2 aliphatic rings. The van der Waals surface area contributed by atoms with Crippen LogP contribution in [0.1, 0.15) is 25.7 Å². The van der Waals surface area contributed by atoms with Gasteiger partial charge in [0.05, 0.1) is 12.1 Å². The number of carbonyl (C=O) groups excluding carboxylic acids is 2. The standard InChI is InChI=1S/C26H28N4O3/c31-25(21-3-1-15-27-21)29-19-9-5-17(6-10-19)23-13-14-24(33-23)18-7-11-20(12-8-18)30-26(32)22-4-2-16-28-22/h5-14,21-22,27-28H,1-4,15-16H2,(H,29,31)(H,30,32)/t21-,22-/m0/s1. The Morgan fingerprint density at radius 2 is 1.09 bits per heavy atom. The fourth-order valence-corrected chi connectivity index (χ4v) is 4.36. The Balaban J connectivity index is 1.21. The zero-order valence-corrected chi connectivity index (χ0v) is 18.4. The second-order valence-corrected chi connectivity index (χ2v) is 8.59. The van der Waals surface area contributed by atoms with Crippen LogP contribution in [0.5, 0.6) is 0 Å². The highest BCUT2D eigenvalue weighted by Gasteiger charge is 2.22. The van der Waals surface area contributed by atoms with E-state index in [9.17, 15) is 9.59 Å². The van der Waals surface area contributed by atoms with Crippen LogP contribution in [0.2, 0.25) is 0 Å². The minimum Gasteiger partial charge on any atom is -0.456 e. The van der Waals surface area contributed by atoms with Gasteiger partial charge in [0.25, 0.3) is 0 Å². The first-order chi connectivity index (χ1) is 16.2. The van der Waals surface area contributed by atoms with E-state index in [-0.39, 0.29) is 23.9 Å². The van der Waals surface area contributed by atoms with Gasteiger partial charge in [0.2, 0.25) is 11.8 Å². The lowest BCUT2D eigenvalue weighted by atomic mass is 10.1. The predicted octanol–water partition coefficient (Wildman–Crippen LogP) is 3.99. The van der Waals surface area contributed by atoms with Gasteiger partial charge < -0.3 is 25.7 Å². The second kappa shape index (κ2) is 9.60. The molecule has 0 aliphatic carbocycles. The second-order valence-electron chi connectivity index (χ2n) is 8.59. The van der Waals surface area contributed by atoms with Gasteiger partial charge in [0.15, 0.2) is 0 Å². The summed E-state index contributed by atoms with van der Waals surface area (Å²) in [5.41, 5.74) is 3.42. The molecule has 0 saturated carbocycles. The van der Waals surface area contributed by atoms with Crippen LogP contribution in [-0.2, 0) is 9.59 Å². The maximum atomic E-state index is 12.3. The average molecular weight is 445 g/mol. The van der Waals surface area contributed by atoms with Crippen molar-refractivity contribution in [1.29, 1.82) is 0 Å². The average Bonchev–Trinajstić information content (AvgIpc) is 3.63. The van der Waals surface area contributed by atoms with Crippen molar-refractivity contribution in [3.63, 3.8) is 0 Å². The van der Waals surface area contributed by atoms with Crippen molar-refractivity contribution < 1.29 is 14.0 Å². The smallest absolute Gasteiger partial charge is 0.241 e. The highest BCUT2D eigenvalue weighted by Crippen LogP contribution is 2.30. The SMILES string of the molecule is O=C(Nc1ccc(-c2ccc(-c3ccc(NC(=O)[C@@H]4CCCN4)cc3)o2)cc1)[C@@H]1CCCN1. The molecule has 4 N–H and O–H groups in total. The van der Waals surface area contributed by atoms with E-state index in [2.05, 4.69) is 21.3 Å². The molecule has 0 spiro atoms.